The maximum absolute atomic E-state index is 14.2. The Morgan fingerprint density at radius 3 is 2.21 bits per heavy atom. The van der Waals surface area contributed by atoms with E-state index in [9.17, 15) is 51.4 Å². The van der Waals surface area contributed by atoms with E-state index in [0.717, 1.165) is 72.3 Å². The van der Waals surface area contributed by atoms with Crippen molar-refractivity contribution in [1.29, 1.82) is 0 Å². The molecule has 18 nitrogen and oxygen atoms in total. The van der Waals surface area contributed by atoms with Gasteiger partial charge < -0.3 is 29.8 Å². The molecule has 5 rings (SSSR count). The number of ether oxygens (including phenoxy) is 1. The number of nitrogens with zero attached hydrogens (tertiary/aromatic N) is 4. The SMILES string of the molecule is O=C(O)CNCP(=O)(O)O.O=C(O)CSc1cc(N=c2sc(=O)n3n2CCCC3)c(F)cc1Cl.O=C(O)c1cc(Oc2ccc(C(F)(F)F)cc2Cl)ccc1[N+](=O)[O-]. The number of aliphatic carboxylic acids is 2. The van der Waals surface area contributed by atoms with Crippen LogP contribution in [0.4, 0.5) is 28.9 Å². The molecule has 0 spiro atoms. The number of nitrogens with one attached hydrogen (secondary N) is 1. The Bertz CT molecular complexity index is 2370. The Hall–Kier alpha value is -4.81. The van der Waals surface area contributed by atoms with Crippen LogP contribution in [0.5, 0.6) is 11.5 Å². The Kier molecular flexibility index (Phi) is 17.0. The van der Waals surface area contributed by atoms with Crippen molar-refractivity contribution in [2.24, 2.45) is 4.99 Å². The molecule has 27 heteroatoms. The number of nitro benzene ring substituents is 1. The van der Waals surface area contributed by atoms with E-state index in [4.69, 9.17) is 53.0 Å². The molecule has 0 saturated heterocycles. The number of thioether (sulfide) groups is 1. The number of aromatic nitrogens is 2. The summed E-state index contributed by atoms with van der Waals surface area (Å²) >= 11 is 13.6. The van der Waals surface area contributed by atoms with Gasteiger partial charge in [0, 0.05) is 30.1 Å². The van der Waals surface area contributed by atoms with Crippen LogP contribution in [-0.2, 0) is 33.4 Å². The number of nitro groups is 1. The summed E-state index contributed by atoms with van der Waals surface area (Å²) < 4.78 is 70.5. The molecule has 1 aromatic heterocycles. The summed E-state index contributed by atoms with van der Waals surface area (Å²) in [5, 5.41) is 38.3. The molecule has 3 aromatic carbocycles. The number of fused-ring (bicyclic) bond motifs is 1. The molecule has 4 aromatic rings. The molecular formula is C31H28Cl2F4N5O13PS2. The van der Waals surface area contributed by atoms with Gasteiger partial charge in [0.25, 0.3) is 5.69 Å². The Morgan fingerprint density at radius 1 is 1.00 bits per heavy atom. The Labute approximate surface area is 340 Å². The molecule has 0 radical (unpaired) electrons. The summed E-state index contributed by atoms with van der Waals surface area (Å²) in [6.07, 6.45) is -3.31. The van der Waals surface area contributed by atoms with E-state index in [2.05, 4.69) is 10.3 Å². The molecule has 0 amide bonds. The number of rotatable bonds is 12. The quantitative estimate of drug-likeness (QED) is 0.0301. The van der Waals surface area contributed by atoms with Gasteiger partial charge in [0.1, 0.15) is 28.6 Å². The molecule has 0 aliphatic carbocycles. The minimum atomic E-state index is -4.58. The minimum Gasteiger partial charge on any atom is -0.481 e. The van der Waals surface area contributed by atoms with Crippen molar-refractivity contribution in [3.63, 3.8) is 0 Å². The normalized spacial score (nSPS) is 12.7. The van der Waals surface area contributed by atoms with Crippen LogP contribution in [0, 0.1) is 15.9 Å². The van der Waals surface area contributed by atoms with Crippen LogP contribution < -0.4 is 19.7 Å². The van der Waals surface area contributed by atoms with Crippen LogP contribution in [0.25, 0.3) is 0 Å². The molecule has 2 heterocycles. The van der Waals surface area contributed by atoms with Crippen molar-refractivity contribution in [2.45, 2.75) is 37.0 Å². The molecule has 58 heavy (non-hydrogen) atoms. The minimum absolute atomic E-state index is 0.0370. The average Bonchev–Trinajstić information content (AvgIpc) is 3.43. The van der Waals surface area contributed by atoms with E-state index in [1.165, 1.54) is 6.07 Å². The molecule has 0 fully saturated rings. The highest BCUT2D eigenvalue weighted by atomic mass is 35.5. The first-order valence-corrected chi connectivity index (χ1v) is 20.0. The van der Waals surface area contributed by atoms with Crippen molar-refractivity contribution in [2.75, 3.05) is 18.6 Å². The Balaban J connectivity index is 0.000000253. The summed E-state index contributed by atoms with van der Waals surface area (Å²) in [7, 11) is -4.10. The predicted molar refractivity (Wildman–Crippen MR) is 200 cm³/mol. The number of aromatic carboxylic acids is 1. The maximum Gasteiger partial charge on any atom is 0.416 e. The fourth-order valence-corrected chi connectivity index (χ4v) is 6.98. The lowest BCUT2D eigenvalue weighted by Gasteiger charge is -2.15. The smallest absolute Gasteiger partial charge is 0.416 e. The van der Waals surface area contributed by atoms with Crippen molar-refractivity contribution in [3.8, 4) is 11.5 Å². The van der Waals surface area contributed by atoms with Gasteiger partial charge in [-0.2, -0.15) is 13.2 Å². The Morgan fingerprint density at radius 2 is 1.66 bits per heavy atom. The number of benzene rings is 3. The first-order chi connectivity index (χ1) is 27.0. The van der Waals surface area contributed by atoms with E-state index in [1.807, 2.05) is 0 Å². The van der Waals surface area contributed by atoms with Crippen LogP contribution in [0.15, 0.2) is 63.2 Å². The van der Waals surface area contributed by atoms with Crippen molar-refractivity contribution in [1.82, 2.24) is 14.7 Å². The van der Waals surface area contributed by atoms with E-state index in [1.54, 1.807) is 9.36 Å². The molecule has 0 bridgehead atoms. The van der Waals surface area contributed by atoms with Crippen molar-refractivity contribution < 1.29 is 71.3 Å². The van der Waals surface area contributed by atoms with Gasteiger partial charge in [0.2, 0.25) is 4.80 Å². The van der Waals surface area contributed by atoms with Gasteiger partial charge in [0.05, 0.1) is 39.1 Å². The number of hydrogen-bond acceptors (Lipinski definition) is 12. The highest BCUT2D eigenvalue weighted by Gasteiger charge is 2.31. The number of alkyl halides is 3. The monoisotopic (exact) mass is 919 g/mol. The van der Waals surface area contributed by atoms with E-state index in [0.29, 0.717) is 28.9 Å². The summed E-state index contributed by atoms with van der Waals surface area (Å²) in [5.74, 6) is -4.77. The van der Waals surface area contributed by atoms with Gasteiger partial charge in [0.15, 0.2) is 0 Å². The zero-order valence-corrected chi connectivity index (χ0v) is 32.9. The summed E-state index contributed by atoms with van der Waals surface area (Å²) in [6, 6.07) is 7.79. The van der Waals surface area contributed by atoms with E-state index < -0.39 is 72.1 Å². The van der Waals surface area contributed by atoms with Crippen molar-refractivity contribution in [3.05, 3.63) is 100 Å². The fourth-order valence-electron chi connectivity index (χ4n) is 4.48. The van der Waals surface area contributed by atoms with Gasteiger partial charge in [-0.1, -0.05) is 23.2 Å². The molecule has 1 aliphatic rings. The molecule has 314 valence electrons. The lowest BCUT2D eigenvalue weighted by atomic mass is 10.1. The number of carbonyl (C=O) groups is 3. The summed E-state index contributed by atoms with van der Waals surface area (Å²) in [5.41, 5.74) is -2.21. The molecule has 0 atom stereocenters. The standard InChI is InChI=1S/C14H7ClF3NO5.C14H13ClFN3O3S2.C3H8NO5P/c15-10-5-7(14(16,17)18)1-4-12(10)24-8-2-3-11(19(22)23)9(6-8)13(20)21;15-8-5-9(16)10(6-11(8)23-7-12(20)21)17-13-18-3-1-2-4-19(18)14(22)24-13;5-3(6)1-4-2-10(7,8)9/h1-6H,(H,20,21);5-6H,1-4,7H2,(H,20,21);4H,1-2H2,(H,5,6)(H2,7,8,9). The van der Waals surface area contributed by atoms with Crippen LogP contribution in [0.1, 0.15) is 28.8 Å². The maximum atomic E-state index is 14.2. The van der Waals surface area contributed by atoms with Gasteiger partial charge >= 0.3 is 36.6 Å². The summed E-state index contributed by atoms with van der Waals surface area (Å²) in [6.45, 7) is 0.853. The lowest BCUT2D eigenvalue weighted by molar-refractivity contribution is -0.385. The number of carboxylic acid groups (broad SMARTS) is 3. The topological polar surface area (TPSA) is 273 Å². The number of hydrogen-bond donors (Lipinski definition) is 6. The van der Waals surface area contributed by atoms with Gasteiger partial charge in [-0.05, 0) is 60.6 Å². The third-order valence-electron chi connectivity index (χ3n) is 6.94. The first-order valence-electron chi connectivity index (χ1n) is 15.7. The van der Waals surface area contributed by atoms with Gasteiger partial charge in [-0.3, -0.25) is 39.1 Å². The number of halogens is 6. The molecule has 6 N–H and O–H groups in total. The average molecular weight is 921 g/mol. The molecule has 1 aliphatic heterocycles. The lowest BCUT2D eigenvalue weighted by Crippen LogP contribution is -2.31. The largest absolute Gasteiger partial charge is 0.481 e. The molecule has 0 unspecified atom stereocenters. The summed E-state index contributed by atoms with van der Waals surface area (Å²) in [4.78, 5) is 74.7. The van der Waals surface area contributed by atoms with Crippen LogP contribution in [0.3, 0.4) is 0 Å². The number of carboxylic acids is 3. The first kappa shape index (κ1) is 47.6. The van der Waals surface area contributed by atoms with E-state index >= 15 is 0 Å². The molecular weight excluding hydrogens is 892 g/mol. The fraction of sp³-hybridized carbons (Fsp3) is 0.258. The predicted octanol–water partition coefficient (Wildman–Crippen LogP) is 6.26. The van der Waals surface area contributed by atoms with E-state index in [-0.39, 0.29) is 37.9 Å². The van der Waals surface area contributed by atoms with Crippen LogP contribution in [-0.4, -0.2) is 75.9 Å². The second kappa shape index (κ2) is 20.7. The third-order valence-corrected chi connectivity index (χ3v) is 10.2. The second-order valence-electron chi connectivity index (χ2n) is 11.3. The van der Waals surface area contributed by atoms with Crippen LogP contribution >= 0.6 is 53.9 Å². The zero-order chi connectivity index (χ0) is 43.5. The second-order valence-corrected chi connectivity index (χ2v) is 15.7. The zero-order valence-electron chi connectivity index (χ0n) is 28.9. The van der Waals surface area contributed by atoms with Gasteiger partial charge in [-0.25, -0.2) is 18.9 Å². The van der Waals surface area contributed by atoms with Crippen LogP contribution in [0.2, 0.25) is 10.0 Å². The molecule has 0 saturated carbocycles. The van der Waals surface area contributed by atoms with Crippen molar-refractivity contribution >= 4 is 83.2 Å². The van der Waals surface area contributed by atoms with Gasteiger partial charge in [-0.15, -0.1) is 11.8 Å². The highest BCUT2D eigenvalue weighted by Crippen LogP contribution is 2.37. The highest BCUT2D eigenvalue weighted by molar-refractivity contribution is 8.00. The third kappa shape index (κ3) is 14.5.